The number of hydrogen-bond donors (Lipinski definition) is 0. The number of aromatic nitrogens is 6. The number of hydrogen-bond acceptors (Lipinski definition) is 6. The third-order valence-corrected chi connectivity index (χ3v) is 4.82. The van der Waals surface area contributed by atoms with E-state index >= 15 is 0 Å². The fourth-order valence-electron chi connectivity index (χ4n) is 3.39. The van der Waals surface area contributed by atoms with Crippen molar-refractivity contribution in [2.45, 2.75) is 19.5 Å². The molecule has 1 aliphatic heterocycles. The normalized spacial score (nSPS) is 15.9. The van der Waals surface area contributed by atoms with E-state index in [2.05, 4.69) is 25.0 Å². The van der Waals surface area contributed by atoms with E-state index in [9.17, 15) is 4.79 Å². The minimum absolute atomic E-state index is 0.0702. The smallest absolute Gasteiger partial charge is 0.258 e. The van der Waals surface area contributed by atoms with Gasteiger partial charge in [-0.3, -0.25) is 4.79 Å². The lowest BCUT2D eigenvalue weighted by atomic mass is 10.1. The van der Waals surface area contributed by atoms with E-state index < -0.39 is 0 Å². The monoisotopic (exact) mass is 357 g/mol. The molecule has 0 fully saturated rings. The number of carbonyl (C=O) groups is 1. The Morgan fingerprint density at radius 3 is 2.78 bits per heavy atom. The van der Waals surface area contributed by atoms with E-state index in [0.29, 0.717) is 23.8 Å². The van der Waals surface area contributed by atoms with Gasteiger partial charge in [-0.05, 0) is 25.1 Å². The molecule has 5 rings (SSSR count). The van der Waals surface area contributed by atoms with E-state index in [4.69, 9.17) is 0 Å². The van der Waals surface area contributed by atoms with Crippen LogP contribution in [0.3, 0.4) is 0 Å². The van der Waals surface area contributed by atoms with E-state index in [1.165, 1.54) is 0 Å². The largest absolute Gasteiger partial charge is 0.326 e. The van der Waals surface area contributed by atoms with Gasteiger partial charge in [-0.2, -0.15) is 5.10 Å². The molecule has 0 bridgehead atoms. The Kier molecular flexibility index (Phi) is 3.43. The molecule has 8 nitrogen and oxygen atoms in total. The van der Waals surface area contributed by atoms with Crippen LogP contribution in [0.4, 0.5) is 0 Å². The zero-order chi connectivity index (χ0) is 18.4. The van der Waals surface area contributed by atoms with Crippen molar-refractivity contribution in [1.29, 1.82) is 0 Å². The second-order valence-electron chi connectivity index (χ2n) is 6.37. The van der Waals surface area contributed by atoms with Crippen molar-refractivity contribution >= 4 is 11.4 Å². The van der Waals surface area contributed by atoms with Crippen molar-refractivity contribution in [2.75, 3.05) is 0 Å². The zero-order valence-electron chi connectivity index (χ0n) is 14.5. The molecule has 5 heterocycles. The van der Waals surface area contributed by atoms with Gasteiger partial charge in [0.05, 0.1) is 35.6 Å². The van der Waals surface area contributed by atoms with Gasteiger partial charge in [0.2, 0.25) is 0 Å². The van der Waals surface area contributed by atoms with Gasteiger partial charge in [0, 0.05) is 30.4 Å². The summed E-state index contributed by atoms with van der Waals surface area (Å²) < 4.78 is 1.70. The summed E-state index contributed by atoms with van der Waals surface area (Å²) in [6.07, 6.45) is 8.52. The first-order chi connectivity index (χ1) is 13.2. The van der Waals surface area contributed by atoms with Gasteiger partial charge in [-0.25, -0.2) is 24.5 Å². The summed E-state index contributed by atoms with van der Waals surface area (Å²) in [5, 5.41) is 4.26. The lowest BCUT2D eigenvalue weighted by Crippen LogP contribution is -2.28. The maximum Gasteiger partial charge on any atom is 0.258 e. The fourth-order valence-corrected chi connectivity index (χ4v) is 3.39. The van der Waals surface area contributed by atoms with Crippen LogP contribution in [0, 0.1) is 0 Å². The molecule has 1 aliphatic rings. The number of carbonyl (C=O) groups excluding carboxylic acids is 1. The highest BCUT2D eigenvalue weighted by atomic mass is 16.2. The van der Waals surface area contributed by atoms with E-state index in [-0.39, 0.29) is 11.9 Å². The minimum Gasteiger partial charge on any atom is -0.326 e. The molecule has 8 heteroatoms. The van der Waals surface area contributed by atoms with Gasteiger partial charge >= 0.3 is 0 Å². The molecule has 1 atom stereocenters. The average molecular weight is 357 g/mol. The van der Waals surface area contributed by atoms with Crippen LogP contribution in [-0.2, 0) is 6.54 Å². The predicted molar refractivity (Wildman–Crippen MR) is 96.5 cm³/mol. The third kappa shape index (κ3) is 2.45. The molecule has 132 valence electrons. The van der Waals surface area contributed by atoms with Gasteiger partial charge in [0.15, 0.2) is 11.6 Å². The number of pyridine rings is 1. The first kappa shape index (κ1) is 15.6. The number of nitrogens with zero attached hydrogens (tertiary/aromatic N) is 7. The molecular weight excluding hydrogens is 342 g/mol. The topological polar surface area (TPSA) is 89.2 Å². The highest BCUT2D eigenvalue weighted by Gasteiger charge is 2.34. The molecule has 1 amide bonds. The number of fused-ring (bicyclic) bond motifs is 2. The highest BCUT2D eigenvalue weighted by molar-refractivity contribution is 6.01. The van der Waals surface area contributed by atoms with Crippen molar-refractivity contribution in [3.05, 3.63) is 72.1 Å². The number of rotatable bonds is 2. The Labute approximate surface area is 154 Å². The van der Waals surface area contributed by atoms with Crippen molar-refractivity contribution < 1.29 is 4.79 Å². The Morgan fingerprint density at radius 1 is 1.07 bits per heavy atom. The fraction of sp³-hybridized carbons (Fsp3) is 0.158. The molecule has 0 spiro atoms. The van der Waals surface area contributed by atoms with Crippen LogP contribution in [0.15, 0.2) is 55.2 Å². The molecule has 0 saturated heterocycles. The molecule has 27 heavy (non-hydrogen) atoms. The molecule has 0 aromatic carbocycles. The Balaban J connectivity index is 1.49. The third-order valence-electron chi connectivity index (χ3n) is 4.82. The molecule has 0 N–H and O–H groups in total. The second-order valence-corrected chi connectivity index (χ2v) is 6.37. The minimum atomic E-state index is -0.114. The summed E-state index contributed by atoms with van der Waals surface area (Å²) in [6, 6.07) is 7.30. The second kappa shape index (κ2) is 5.94. The first-order valence-electron chi connectivity index (χ1n) is 8.59. The summed E-state index contributed by atoms with van der Waals surface area (Å²) in [6.45, 7) is 2.40. The molecular formula is C19H15N7O. The van der Waals surface area contributed by atoms with E-state index in [1.807, 2.05) is 31.3 Å². The SMILES string of the molecule is CC1c2cnc(-c3ncccn3)nc2CN1C(=O)c1cnn2ccccc12. The highest BCUT2D eigenvalue weighted by Crippen LogP contribution is 2.34. The van der Waals surface area contributed by atoms with E-state index in [1.54, 1.807) is 40.3 Å². The number of amides is 1. The maximum absolute atomic E-state index is 13.2. The molecule has 0 saturated carbocycles. The van der Waals surface area contributed by atoms with Gasteiger partial charge in [-0.15, -0.1) is 0 Å². The molecule has 4 aromatic rings. The van der Waals surface area contributed by atoms with Crippen LogP contribution in [-0.4, -0.2) is 40.4 Å². The van der Waals surface area contributed by atoms with Crippen LogP contribution in [0.2, 0.25) is 0 Å². The Morgan fingerprint density at radius 2 is 1.93 bits per heavy atom. The predicted octanol–water partition coefficient (Wildman–Crippen LogP) is 2.30. The van der Waals surface area contributed by atoms with Crippen molar-refractivity contribution in [3.63, 3.8) is 0 Å². The van der Waals surface area contributed by atoms with Crippen LogP contribution in [0.5, 0.6) is 0 Å². The molecule has 0 radical (unpaired) electrons. The summed E-state index contributed by atoms with van der Waals surface area (Å²) in [5.41, 5.74) is 3.13. The van der Waals surface area contributed by atoms with Crippen LogP contribution < -0.4 is 0 Å². The molecule has 0 aliphatic carbocycles. The van der Waals surface area contributed by atoms with Crippen LogP contribution >= 0.6 is 0 Å². The lowest BCUT2D eigenvalue weighted by molar-refractivity contribution is 0.0706. The molecule has 1 unspecified atom stereocenters. The molecule has 4 aromatic heterocycles. The van der Waals surface area contributed by atoms with Gasteiger partial charge < -0.3 is 4.90 Å². The van der Waals surface area contributed by atoms with Gasteiger partial charge in [0.1, 0.15) is 0 Å². The summed E-state index contributed by atoms with van der Waals surface area (Å²) in [5.74, 6) is 0.867. The van der Waals surface area contributed by atoms with Crippen molar-refractivity contribution in [3.8, 4) is 11.6 Å². The lowest BCUT2D eigenvalue weighted by Gasteiger charge is -2.20. The summed E-state index contributed by atoms with van der Waals surface area (Å²) in [7, 11) is 0. The first-order valence-corrected chi connectivity index (χ1v) is 8.59. The Bertz CT molecular complexity index is 1160. The van der Waals surface area contributed by atoms with Crippen LogP contribution in [0.25, 0.3) is 17.2 Å². The van der Waals surface area contributed by atoms with Crippen molar-refractivity contribution in [2.24, 2.45) is 0 Å². The van der Waals surface area contributed by atoms with Gasteiger partial charge in [0.25, 0.3) is 5.91 Å². The van der Waals surface area contributed by atoms with Gasteiger partial charge in [-0.1, -0.05) is 6.07 Å². The quantitative estimate of drug-likeness (QED) is 0.547. The summed E-state index contributed by atoms with van der Waals surface area (Å²) in [4.78, 5) is 32.3. The zero-order valence-corrected chi connectivity index (χ0v) is 14.5. The van der Waals surface area contributed by atoms with E-state index in [0.717, 1.165) is 16.8 Å². The summed E-state index contributed by atoms with van der Waals surface area (Å²) >= 11 is 0. The van der Waals surface area contributed by atoms with Crippen molar-refractivity contribution in [1.82, 2.24) is 34.4 Å². The average Bonchev–Trinajstić information content (AvgIpc) is 3.29. The van der Waals surface area contributed by atoms with Crippen LogP contribution in [0.1, 0.15) is 34.6 Å². The standard InChI is InChI=1S/C19H15N7O/c1-12-13-9-22-18(17-20-6-4-7-21-17)24-15(13)11-25(12)19(27)14-10-23-26-8-3-2-5-16(14)26/h2-10,12H,11H2,1H3. The Hall–Kier alpha value is -3.68. The maximum atomic E-state index is 13.2.